The highest BCUT2D eigenvalue weighted by molar-refractivity contribution is 5.82. The minimum atomic E-state index is -0.947. The maximum absolute atomic E-state index is 12.0. The van der Waals surface area contributed by atoms with Gasteiger partial charge in [0.05, 0.1) is 7.11 Å². The molecule has 0 saturated heterocycles. The Bertz CT molecular complexity index is 417. The maximum Gasteiger partial charge on any atom is 0.330 e. The summed E-state index contributed by atoms with van der Waals surface area (Å²) < 4.78 is 4.86. The molecule has 1 aromatic carbocycles. The van der Waals surface area contributed by atoms with Gasteiger partial charge in [-0.2, -0.15) is 0 Å². The number of esters is 1. The van der Waals surface area contributed by atoms with Crippen molar-refractivity contribution in [1.82, 2.24) is 5.32 Å². The molecule has 0 bridgehead atoms. The van der Waals surface area contributed by atoms with E-state index in [1.54, 1.807) is 31.2 Å². The molecular weight excluding hydrogens is 230 g/mol. The van der Waals surface area contributed by atoms with Gasteiger partial charge in [0.25, 0.3) is 0 Å². The largest absolute Gasteiger partial charge is 0.508 e. The molecule has 0 fully saturated rings. The molecule has 1 atom stereocenters. The molecule has 0 saturated carbocycles. The number of phenols is 1. The SMILES string of the molecule is COC(=O)C(C)(NCC(C)C)c1cccc(O)c1. The third-order valence-electron chi connectivity index (χ3n) is 2.88. The summed E-state index contributed by atoms with van der Waals surface area (Å²) in [5, 5.41) is 12.7. The van der Waals surface area contributed by atoms with Crippen LogP contribution < -0.4 is 5.32 Å². The Hall–Kier alpha value is -1.55. The van der Waals surface area contributed by atoms with E-state index >= 15 is 0 Å². The second-order valence-corrected chi connectivity index (χ2v) is 4.94. The minimum absolute atomic E-state index is 0.133. The van der Waals surface area contributed by atoms with Crippen molar-refractivity contribution < 1.29 is 14.6 Å². The molecule has 2 N–H and O–H groups in total. The first-order valence-electron chi connectivity index (χ1n) is 6.03. The van der Waals surface area contributed by atoms with E-state index in [1.165, 1.54) is 7.11 Å². The lowest BCUT2D eigenvalue weighted by Gasteiger charge is -2.29. The summed E-state index contributed by atoms with van der Waals surface area (Å²) in [4.78, 5) is 12.0. The first kappa shape index (κ1) is 14.5. The van der Waals surface area contributed by atoms with Gasteiger partial charge in [-0.25, -0.2) is 4.79 Å². The number of carbonyl (C=O) groups excluding carboxylic acids is 1. The normalized spacial score (nSPS) is 14.3. The van der Waals surface area contributed by atoms with E-state index in [9.17, 15) is 9.90 Å². The van der Waals surface area contributed by atoms with Crippen LogP contribution in [0.15, 0.2) is 24.3 Å². The molecule has 0 heterocycles. The number of hydrogen-bond acceptors (Lipinski definition) is 4. The molecule has 0 spiro atoms. The van der Waals surface area contributed by atoms with Crippen molar-refractivity contribution in [3.05, 3.63) is 29.8 Å². The van der Waals surface area contributed by atoms with Crippen molar-refractivity contribution in [3.63, 3.8) is 0 Å². The fraction of sp³-hybridized carbons (Fsp3) is 0.500. The van der Waals surface area contributed by atoms with E-state index in [0.717, 1.165) is 0 Å². The fourth-order valence-electron chi connectivity index (χ4n) is 1.72. The van der Waals surface area contributed by atoms with Crippen molar-refractivity contribution in [1.29, 1.82) is 0 Å². The van der Waals surface area contributed by atoms with Crippen LogP contribution in [0.3, 0.4) is 0 Å². The number of hydrogen-bond donors (Lipinski definition) is 2. The molecule has 18 heavy (non-hydrogen) atoms. The summed E-state index contributed by atoms with van der Waals surface area (Å²) in [5.41, 5.74) is -0.257. The Balaban J connectivity index is 3.07. The Morgan fingerprint density at radius 2 is 2.17 bits per heavy atom. The molecule has 1 unspecified atom stereocenters. The Labute approximate surface area is 108 Å². The summed E-state index contributed by atoms with van der Waals surface area (Å²) in [6.45, 7) is 6.57. The molecule has 4 heteroatoms. The number of phenolic OH excluding ortho intramolecular Hbond substituents is 1. The van der Waals surface area contributed by atoms with Gasteiger partial charge < -0.3 is 9.84 Å². The van der Waals surface area contributed by atoms with Crippen LogP contribution in [0.2, 0.25) is 0 Å². The van der Waals surface area contributed by atoms with Gasteiger partial charge in [-0.1, -0.05) is 26.0 Å². The smallest absolute Gasteiger partial charge is 0.330 e. The highest BCUT2D eigenvalue weighted by Gasteiger charge is 2.36. The molecule has 0 amide bonds. The van der Waals surface area contributed by atoms with Crippen LogP contribution in [0.25, 0.3) is 0 Å². The van der Waals surface area contributed by atoms with Crippen molar-refractivity contribution in [3.8, 4) is 5.75 Å². The third-order valence-corrected chi connectivity index (χ3v) is 2.88. The molecule has 0 aliphatic carbocycles. The predicted molar refractivity (Wildman–Crippen MR) is 70.3 cm³/mol. The molecule has 0 aliphatic heterocycles. The average Bonchev–Trinajstić information content (AvgIpc) is 2.34. The molecule has 0 radical (unpaired) electrons. The summed E-state index contributed by atoms with van der Waals surface area (Å²) >= 11 is 0. The van der Waals surface area contributed by atoms with Crippen molar-refractivity contribution in [2.75, 3.05) is 13.7 Å². The summed E-state index contributed by atoms with van der Waals surface area (Å²) in [7, 11) is 1.36. The van der Waals surface area contributed by atoms with Gasteiger partial charge in [0.1, 0.15) is 11.3 Å². The lowest BCUT2D eigenvalue weighted by atomic mass is 9.91. The van der Waals surface area contributed by atoms with Crippen molar-refractivity contribution in [2.24, 2.45) is 5.92 Å². The lowest BCUT2D eigenvalue weighted by Crippen LogP contribution is -2.48. The Morgan fingerprint density at radius 1 is 1.50 bits per heavy atom. The van der Waals surface area contributed by atoms with Crippen LogP contribution in [0.5, 0.6) is 5.75 Å². The topological polar surface area (TPSA) is 58.6 Å². The molecule has 0 aromatic heterocycles. The van der Waals surface area contributed by atoms with Crippen LogP contribution in [-0.2, 0) is 15.1 Å². The van der Waals surface area contributed by atoms with E-state index in [4.69, 9.17) is 4.74 Å². The molecule has 4 nitrogen and oxygen atoms in total. The van der Waals surface area contributed by atoms with E-state index in [0.29, 0.717) is 18.0 Å². The highest BCUT2D eigenvalue weighted by Crippen LogP contribution is 2.25. The number of ether oxygens (including phenoxy) is 1. The van der Waals surface area contributed by atoms with Crippen molar-refractivity contribution >= 4 is 5.97 Å². The van der Waals surface area contributed by atoms with E-state index < -0.39 is 5.54 Å². The zero-order valence-electron chi connectivity index (χ0n) is 11.4. The van der Waals surface area contributed by atoms with Gasteiger partial charge in [-0.15, -0.1) is 0 Å². The molecule has 1 aromatic rings. The minimum Gasteiger partial charge on any atom is -0.508 e. The number of methoxy groups -OCH3 is 1. The van der Waals surface area contributed by atoms with Gasteiger partial charge in [0, 0.05) is 0 Å². The number of benzene rings is 1. The maximum atomic E-state index is 12.0. The fourth-order valence-corrected chi connectivity index (χ4v) is 1.72. The van der Waals surface area contributed by atoms with Crippen LogP contribution in [0.4, 0.5) is 0 Å². The van der Waals surface area contributed by atoms with E-state index in [2.05, 4.69) is 19.2 Å². The Morgan fingerprint density at radius 3 is 2.67 bits per heavy atom. The number of aromatic hydroxyl groups is 1. The van der Waals surface area contributed by atoms with Crippen molar-refractivity contribution in [2.45, 2.75) is 26.3 Å². The zero-order chi connectivity index (χ0) is 13.8. The lowest BCUT2D eigenvalue weighted by molar-refractivity contribution is -0.148. The van der Waals surface area contributed by atoms with Gasteiger partial charge >= 0.3 is 5.97 Å². The van der Waals surface area contributed by atoms with Gasteiger partial charge in [0.15, 0.2) is 0 Å². The standard InChI is InChI=1S/C14H21NO3/c1-10(2)9-15-14(3,13(17)18-4)11-6-5-7-12(16)8-11/h5-8,10,15-16H,9H2,1-4H3. The van der Waals surface area contributed by atoms with E-state index in [-0.39, 0.29) is 11.7 Å². The predicted octanol–water partition coefficient (Wildman–Crippen LogP) is 2.03. The van der Waals surface area contributed by atoms with Crippen LogP contribution in [0.1, 0.15) is 26.3 Å². The second-order valence-electron chi connectivity index (χ2n) is 4.94. The van der Waals surface area contributed by atoms with Gasteiger partial charge in [0.2, 0.25) is 0 Å². The first-order chi connectivity index (χ1) is 8.40. The zero-order valence-corrected chi connectivity index (χ0v) is 11.4. The quantitative estimate of drug-likeness (QED) is 0.786. The van der Waals surface area contributed by atoms with Crippen LogP contribution in [0, 0.1) is 5.92 Å². The monoisotopic (exact) mass is 251 g/mol. The number of nitrogens with one attached hydrogen (secondary N) is 1. The van der Waals surface area contributed by atoms with Crippen LogP contribution in [-0.4, -0.2) is 24.7 Å². The highest BCUT2D eigenvalue weighted by atomic mass is 16.5. The third kappa shape index (κ3) is 3.23. The summed E-state index contributed by atoms with van der Waals surface area (Å²) in [6, 6.07) is 6.65. The first-order valence-corrected chi connectivity index (χ1v) is 6.03. The molecule has 0 aliphatic rings. The summed E-state index contributed by atoms with van der Waals surface area (Å²) in [6.07, 6.45) is 0. The van der Waals surface area contributed by atoms with Crippen LogP contribution >= 0.6 is 0 Å². The number of rotatable bonds is 5. The Kier molecular flexibility index (Phi) is 4.73. The second kappa shape index (κ2) is 5.87. The molecular formula is C14H21NO3. The van der Waals surface area contributed by atoms with Gasteiger partial charge in [-0.3, -0.25) is 5.32 Å². The van der Waals surface area contributed by atoms with E-state index in [1.807, 2.05) is 0 Å². The molecule has 1 rings (SSSR count). The number of carbonyl (C=O) groups is 1. The molecule has 100 valence electrons. The van der Waals surface area contributed by atoms with Gasteiger partial charge in [-0.05, 0) is 37.1 Å². The summed E-state index contributed by atoms with van der Waals surface area (Å²) in [5.74, 6) is 0.175. The average molecular weight is 251 g/mol.